The second-order valence-electron chi connectivity index (χ2n) is 3.55. The predicted molar refractivity (Wildman–Crippen MR) is 44.6 cm³/mol. The number of rotatable bonds is 2. The molecule has 68 valence electrons. The van der Waals surface area contributed by atoms with Gasteiger partial charge in [-0.3, -0.25) is 0 Å². The van der Waals surface area contributed by atoms with Gasteiger partial charge >= 0.3 is 0 Å². The van der Waals surface area contributed by atoms with Gasteiger partial charge in [-0.25, -0.2) is 0 Å². The Balaban J connectivity index is 2.34. The van der Waals surface area contributed by atoms with Gasteiger partial charge in [-0.15, -0.1) is 0 Å². The Morgan fingerprint density at radius 1 is 1.25 bits per heavy atom. The van der Waals surface area contributed by atoms with E-state index in [0.29, 0.717) is 6.42 Å². The Morgan fingerprint density at radius 2 is 1.75 bits per heavy atom. The summed E-state index contributed by atoms with van der Waals surface area (Å²) in [5.41, 5.74) is 0. The lowest BCUT2D eigenvalue weighted by atomic mass is 9.99. The van der Waals surface area contributed by atoms with E-state index >= 15 is 0 Å². The maximum absolute atomic E-state index is 8.52. The van der Waals surface area contributed by atoms with E-state index in [9.17, 15) is 0 Å². The molecule has 0 radical (unpaired) electrons. The van der Waals surface area contributed by atoms with Crippen LogP contribution in [0.5, 0.6) is 0 Å². The van der Waals surface area contributed by atoms with Crippen molar-refractivity contribution >= 4 is 0 Å². The van der Waals surface area contributed by atoms with Gasteiger partial charge in [-0.2, -0.15) is 0 Å². The summed E-state index contributed by atoms with van der Waals surface area (Å²) in [5, 5.41) is 0. The van der Waals surface area contributed by atoms with Gasteiger partial charge in [0.15, 0.2) is 5.79 Å². The Bertz CT molecular complexity index is 389. The first-order valence-corrected chi connectivity index (χ1v) is 4.20. The molecule has 2 heteroatoms. The quantitative estimate of drug-likeness (QED) is 0.593. The number of hydrogen-bond acceptors (Lipinski definition) is 2. The summed E-state index contributed by atoms with van der Waals surface area (Å²) in [4.78, 5) is 0. The first-order valence-electron chi connectivity index (χ1n) is 7.20. The zero-order valence-electron chi connectivity index (χ0n) is 13.2. The highest BCUT2D eigenvalue weighted by molar-refractivity contribution is 5.16. The van der Waals surface area contributed by atoms with Crippen molar-refractivity contribution in [2.75, 3.05) is 14.2 Å². The van der Waals surface area contributed by atoms with Gasteiger partial charge in [0.2, 0.25) is 0 Å². The van der Waals surface area contributed by atoms with Crippen LogP contribution in [0.2, 0.25) is 0 Å². The molecule has 0 unspecified atom stereocenters. The summed E-state index contributed by atoms with van der Waals surface area (Å²) < 4.78 is 59.7. The average Bonchev–Trinajstić information content (AvgIpc) is 3.04. The van der Waals surface area contributed by atoms with Crippen LogP contribution in [-0.4, -0.2) is 20.0 Å². The lowest BCUT2D eigenvalue weighted by Crippen LogP contribution is -2.41. The van der Waals surface area contributed by atoms with Gasteiger partial charge in [0.25, 0.3) is 0 Å². The second-order valence-corrected chi connectivity index (χ2v) is 3.55. The summed E-state index contributed by atoms with van der Waals surface area (Å²) in [5.74, 6) is -6.33. The third kappa shape index (κ3) is 0.579. The minimum atomic E-state index is -2.48. The number of hydrogen-bond donors (Lipinski definition) is 0. The molecule has 0 amide bonds. The molecule has 0 heterocycles. The fourth-order valence-electron chi connectivity index (χ4n) is 2.47. The first-order chi connectivity index (χ1) is 8.10. The van der Waals surface area contributed by atoms with Crippen LogP contribution in [-0.2, 0) is 9.47 Å². The standard InChI is InChI=1S/C10H16O2/c1-11-10(12-2)8-3-4-9(10)7-5-6(7)8/h6-9H,3-5H2,1-2H3/t6-,7+,8-,9+/i3D2,4D2,8D,9D. The second kappa shape index (κ2) is 2.05. The van der Waals surface area contributed by atoms with E-state index in [1.54, 1.807) is 0 Å². The van der Waals surface area contributed by atoms with Crippen molar-refractivity contribution in [1.82, 2.24) is 0 Å². The molecule has 3 rings (SSSR count). The van der Waals surface area contributed by atoms with Crippen molar-refractivity contribution in [3.8, 4) is 0 Å². The molecule has 12 heavy (non-hydrogen) atoms. The minimum absolute atomic E-state index is 0.367. The SMILES string of the molecule is [2H]C1([2H])C([2H])([2H])[C@@]2([2H])[C@H]3C[C@H]3[C@]1([2H])C2(OC)OC. The Hall–Kier alpha value is -0.0800. The van der Waals surface area contributed by atoms with Gasteiger partial charge in [-0.05, 0) is 31.0 Å². The van der Waals surface area contributed by atoms with Gasteiger partial charge in [-0.1, -0.05) is 0 Å². The summed E-state index contributed by atoms with van der Waals surface area (Å²) in [6, 6.07) is 0. The van der Waals surface area contributed by atoms with Crippen LogP contribution in [0.25, 0.3) is 0 Å². The molecule has 0 spiro atoms. The molecule has 3 aliphatic rings. The highest BCUT2D eigenvalue weighted by Gasteiger charge is 2.71. The molecule has 0 aromatic rings. The van der Waals surface area contributed by atoms with Gasteiger partial charge in [0.05, 0.1) is 0 Å². The molecular formula is C10H16O2. The average molecular weight is 174 g/mol. The van der Waals surface area contributed by atoms with Crippen molar-refractivity contribution in [2.24, 2.45) is 23.6 Å². The topological polar surface area (TPSA) is 18.5 Å². The van der Waals surface area contributed by atoms with Crippen molar-refractivity contribution in [1.29, 1.82) is 0 Å². The molecule has 3 fully saturated rings. The van der Waals surface area contributed by atoms with Crippen LogP contribution in [0.15, 0.2) is 0 Å². The first kappa shape index (κ1) is 3.58. The highest BCUT2D eigenvalue weighted by Crippen LogP contribution is 2.70. The highest BCUT2D eigenvalue weighted by atomic mass is 16.7. The van der Waals surface area contributed by atoms with E-state index in [0.717, 1.165) is 0 Å². The van der Waals surface area contributed by atoms with Crippen LogP contribution in [0.3, 0.4) is 0 Å². The predicted octanol–water partition coefficient (Wildman–Crippen LogP) is 1.65. The molecule has 3 aliphatic carbocycles. The third-order valence-corrected chi connectivity index (χ3v) is 3.15. The maximum atomic E-state index is 8.52. The van der Waals surface area contributed by atoms with Gasteiger partial charge in [0, 0.05) is 34.2 Å². The molecule has 0 aliphatic heterocycles. The van der Waals surface area contributed by atoms with E-state index in [-0.39, 0.29) is 11.8 Å². The van der Waals surface area contributed by atoms with E-state index in [2.05, 4.69) is 0 Å². The van der Waals surface area contributed by atoms with Crippen LogP contribution in [0, 0.1) is 23.6 Å². The Kier molecular flexibility index (Phi) is 0.611. The molecule has 2 nitrogen and oxygen atoms in total. The van der Waals surface area contributed by atoms with Crippen molar-refractivity contribution in [3.05, 3.63) is 0 Å². The fourth-order valence-corrected chi connectivity index (χ4v) is 2.47. The molecule has 0 N–H and O–H groups in total. The summed E-state index contributed by atoms with van der Waals surface area (Å²) >= 11 is 0. The number of ether oxygens (including phenoxy) is 2. The largest absolute Gasteiger partial charge is 0.353 e. The van der Waals surface area contributed by atoms with E-state index in [4.69, 9.17) is 17.7 Å². The molecule has 0 aromatic carbocycles. The van der Waals surface area contributed by atoms with E-state index in [1.165, 1.54) is 14.2 Å². The van der Waals surface area contributed by atoms with Crippen molar-refractivity contribution in [2.45, 2.75) is 25.0 Å². The summed E-state index contributed by atoms with van der Waals surface area (Å²) in [7, 11) is 2.52. The molecule has 2 bridgehead atoms. The molecular weight excluding hydrogens is 152 g/mol. The minimum Gasteiger partial charge on any atom is -0.353 e. The van der Waals surface area contributed by atoms with Crippen LogP contribution >= 0.6 is 0 Å². The van der Waals surface area contributed by atoms with E-state index < -0.39 is 30.3 Å². The zero-order chi connectivity index (χ0) is 13.8. The Labute approximate surface area is 81.7 Å². The molecule has 0 saturated heterocycles. The maximum Gasteiger partial charge on any atom is 0.173 e. The van der Waals surface area contributed by atoms with Crippen LogP contribution in [0.4, 0.5) is 0 Å². The monoisotopic (exact) mass is 174 g/mol. The lowest BCUT2D eigenvalue weighted by molar-refractivity contribution is -0.243. The molecule has 3 saturated carbocycles. The van der Waals surface area contributed by atoms with Gasteiger partial charge < -0.3 is 9.47 Å². The van der Waals surface area contributed by atoms with E-state index in [1.807, 2.05) is 0 Å². The van der Waals surface area contributed by atoms with Crippen LogP contribution < -0.4 is 0 Å². The van der Waals surface area contributed by atoms with Gasteiger partial charge in [0.1, 0.15) is 0 Å². The lowest BCUT2D eigenvalue weighted by Gasteiger charge is -2.33. The number of methoxy groups -OCH3 is 2. The summed E-state index contributed by atoms with van der Waals surface area (Å²) in [6.45, 7) is 0. The summed E-state index contributed by atoms with van der Waals surface area (Å²) in [6.07, 6.45) is -4.46. The smallest absolute Gasteiger partial charge is 0.173 e. The normalized spacial score (nSPS) is 80.5. The molecule has 4 atom stereocenters. The zero-order valence-corrected chi connectivity index (χ0v) is 7.18. The number of fused-ring (bicyclic) bond motifs is 5. The van der Waals surface area contributed by atoms with Crippen molar-refractivity contribution < 1.29 is 17.7 Å². The third-order valence-electron chi connectivity index (χ3n) is 3.15. The van der Waals surface area contributed by atoms with Crippen LogP contribution in [0.1, 0.15) is 27.4 Å². The fraction of sp³-hybridized carbons (Fsp3) is 1.00. The molecule has 0 aromatic heterocycles. The van der Waals surface area contributed by atoms with Crippen molar-refractivity contribution in [3.63, 3.8) is 0 Å². The Morgan fingerprint density at radius 3 is 2.08 bits per heavy atom.